The summed E-state index contributed by atoms with van der Waals surface area (Å²) < 4.78 is 22.9. The Labute approximate surface area is 183 Å². The molecule has 1 saturated carbocycles. The van der Waals surface area contributed by atoms with Crippen LogP contribution in [0.2, 0.25) is 0 Å². The number of ketones is 1. The van der Waals surface area contributed by atoms with E-state index in [1.807, 2.05) is 4.90 Å². The topological polar surface area (TPSA) is 107 Å². The number of benzene rings is 1. The predicted octanol–water partition coefficient (Wildman–Crippen LogP) is 2.13. The molecule has 2 aliphatic heterocycles. The molecule has 1 aromatic heterocycles. The van der Waals surface area contributed by atoms with Crippen molar-refractivity contribution in [2.24, 2.45) is 5.92 Å². The first-order valence-corrected chi connectivity index (χ1v) is 11.0. The van der Waals surface area contributed by atoms with Gasteiger partial charge >= 0.3 is 0 Å². The van der Waals surface area contributed by atoms with Crippen molar-refractivity contribution < 1.29 is 18.8 Å². The fourth-order valence-corrected chi connectivity index (χ4v) is 5.20. The number of halogens is 1. The maximum atomic E-state index is 15.5. The van der Waals surface area contributed by atoms with Gasteiger partial charge in [-0.25, -0.2) is 4.39 Å². The Hall–Kier alpha value is -3.01. The van der Waals surface area contributed by atoms with Crippen LogP contribution in [-0.4, -0.2) is 54.6 Å². The monoisotopic (exact) mass is 444 g/mol. The summed E-state index contributed by atoms with van der Waals surface area (Å²) in [6, 6.07) is 1.49. The number of ether oxygens (including phenoxy) is 1. The molecule has 0 unspecified atom stereocenters. The summed E-state index contributed by atoms with van der Waals surface area (Å²) in [6.07, 6.45) is 5.25. The summed E-state index contributed by atoms with van der Waals surface area (Å²) in [5, 5.41) is 14.3. The molecule has 0 radical (unpaired) electrons. The van der Waals surface area contributed by atoms with Gasteiger partial charge in [0.2, 0.25) is 11.2 Å². The van der Waals surface area contributed by atoms with Crippen LogP contribution in [0.3, 0.4) is 0 Å². The zero-order valence-corrected chi connectivity index (χ0v) is 17.8. The number of rotatable bonds is 6. The molecule has 32 heavy (non-hydrogen) atoms. The smallest absolute Gasteiger partial charge is 0.266 e. The second-order valence-corrected chi connectivity index (χ2v) is 8.93. The number of piperidine rings is 1. The molecule has 0 bridgehead atoms. The minimum absolute atomic E-state index is 0.0129. The highest BCUT2D eigenvalue weighted by Gasteiger charge is 2.38. The third-order valence-corrected chi connectivity index (χ3v) is 6.83. The highest BCUT2D eigenvalue weighted by atomic mass is 19.1. The Morgan fingerprint density at radius 1 is 1.34 bits per heavy atom. The first-order valence-electron chi connectivity index (χ1n) is 11.0. The number of hydrogen-bond donors (Lipinski definition) is 1. The Balaban J connectivity index is 1.69. The second-order valence-electron chi connectivity index (χ2n) is 8.93. The molecule has 5 rings (SSSR count). The lowest BCUT2D eigenvalue weighted by Crippen LogP contribution is -2.40. The van der Waals surface area contributed by atoms with E-state index in [1.165, 1.54) is 13.3 Å². The standard InChI is InChI=1S/C22H25FN4O5/c1-32-22-19-14(7-16(23)20(22)25-8-12-3-2-6-24-17(12)10-25)21(29)15(18(28)11-27(30)31)9-26(19)13-4-5-13/h7,9,12-13,17,24H,2-6,8,10-11H2,1H3/t12-,17+/m1/s1. The van der Waals surface area contributed by atoms with Gasteiger partial charge in [-0.3, -0.25) is 19.7 Å². The zero-order valence-electron chi connectivity index (χ0n) is 17.8. The fourth-order valence-electron chi connectivity index (χ4n) is 5.20. The Morgan fingerprint density at radius 2 is 2.12 bits per heavy atom. The maximum Gasteiger partial charge on any atom is 0.266 e. The lowest BCUT2D eigenvalue weighted by atomic mass is 9.94. The molecule has 10 heteroatoms. The number of pyridine rings is 1. The molecule has 9 nitrogen and oxygen atoms in total. The molecule has 3 heterocycles. The minimum Gasteiger partial charge on any atom is -0.492 e. The van der Waals surface area contributed by atoms with Gasteiger partial charge in [-0.2, -0.15) is 0 Å². The van der Waals surface area contributed by atoms with E-state index in [0.29, 0.717) is 30.2 Å². The number of methoxy groups -OCH3 is 1. The molecule has 1 aromatic carbocycles. The summed E-state index contributed by atoms with van der Waals surface area (Å²) in [6.45, 7) is 1.32. The molecule has 3 fully saturated rings. The molecule has 2 aromatic rings. The minimum atomic E-state index is -0.979. The third kappa shape index (κ3) is 3.42. The number of aromatic nitrogens is 1. The summed E-state index contributed by atoms with van der Waals surface area (Å²) in [7, 11) is 1.45. The number of nitrogens with zero attached hydrogens (tertiary/aromatic N) is 3. The highest BCUT2D eigenvalue weighted by molar-refractivity contribution is 6.01. The molecular weight excluding hydrogens is 419 g/mol. The van der Waals surface area contributed by atoms with Crippen molar-refractivity contribution in [3.63, 3.8) is 0 Å². The number of carbonyl (C=O) groups is 1. The van der Waals surface area contributed by atoms with Crippen LogP contribution in [0.5, 0.6) is 5.75 Å². The molecule has 0 spiro atoms. The van der Waals surface area contributed by atoms with E-state index >= 15 is 4.39 Å². The van der Waals surface area contributed by atoms with E-state index in [1.54, 1.807) is 4.57 Å². The first kappa shape index (κ1) is 20.9. The molecule has 0 amide bonds. The summed E-state index contributed by atoms with van der Waals surface area (Å²) >= 11 is 0. The number of anilines is 1. The van der Waals surface area contributed by atoms with Crippen molar-refractivity contribution in [1.82, 2.24) is 9.88 Å². The van der Waals surface area contributed by atoms with Crippen LogP contribution >= 0.6 is 0 Å². The zero-order chi connectivity index (χ0) is 22.6. The van der Waals surface area contributed by atoms with Crippen LogP contribution in [0.15, 0.2) is 17.1 Å². The van der Waals surface area contributed by atoms with Gasteiger partial charge in [0.15, 0.2) is 11.6 Å². The van der Waals surface area contributed by atoms with E-state index in [9.17, 15) is 19.7 Å². The van der Waals surface area contributed by atoms with E-state index in [2.05, 4.69) is 5.32 Å². The number of carbonyl (C=O) groups excluding carboxylic acids is 1. The third-order valence-electron chi connectivity index (χ3n) is 6.83. The van der Waals surface area contributed by atoms with Crippen molar-refractivity contribution >= 4 is 22.4 Å². The fraction of sp³-hybridized carbons (Fsp3) is 0.545. The largest absolute Gasteiger partial charge is 0.492 e. The van der Waals surface area contributed by atoms with Gasteiger partial charge < -0.3 is 19.5 Å². The molecule has 170 valence electrons. The highest BCUT2D eigenvalue weighted by Crippen LogP contribution is 2.45. The van der Waals surface area contributed by atoms with Gasteiger partial charge in [-0.15, -0.1) is 0 Å². The van der Waals surface area contributed by atoms with Crippen LogP contribution in [0, 0.1) is 21.8 Å². The molecule has 1 N–H and O–H groups in total. The summed E-state index contributed by atoms with van der Waals surface area (Å²) in [5.74, 6) is -0.770. The van der Waals surface area contributed by atoms with Crippen molar-refractivity contribution in [1.29, 1.82) is 0 Å². The number of Topliss-reactive ketones (excluding diaryl/α,β-unsaturated/α-hetero) is 1. The van der Waals surface area contributed by atoms with Crippen molar-refractivity contribution in [3.8, 4) is 5.75 Å². The van der Waals surface area contributed by atoms with Crippen molar-refractivity contribution in [3.05, 3.63) is 44.0 Å². The Morgan fingerprint density at radius 3 is 2.78 bits per heavy atom. The van der Waals surface area contributed by atoms with Crippen LogP contribution in [0.1, 0.15) is 42.1 Å². The molecule has 3 aliphatic rings. The van der Waals surface area contributed by atoms with Gasteiger partial charge in [0.05, 0.1) is 23.6 Å². The van der Waals surface area contributed by atoms with Gasteiger partial charge in [0.25, 0.3) is 6.54 Å². The summed E-state index contributed by atoms with van der Waals surface area (Å²) in [4.78, 5) is 37.5. The molecule has 2 saturated heterocycles. The average Bonchev–Trinajstić information content (AvgIpc) is 3.51. The summed E-state index contributed by atoms with van der Waals surface area (Å²) in [5.41, 5.74) is -0.220. The maximum absolute atomic E-state index is 15.5. The average molecular weight is 444 g/mol. The number of hydrogen-bond acceptors (Lipinski definition) is 7. The van der Waals surface area contributed by atoms with E-state index in [0.717, 1.165) is 38.3 Å². The molecular formula is C22H25FN4O5. The van der Waals surface area contributed by atoms with Crippen molar-refractivity contribution in [2.75, 3.05) is 38.2 Å². The Kier molecular flexibility index (Phi) is 5.11. The first-order chi connectivity index (χ1) is 15.4. The van der Waals surface area contributed by atoms with Crippen LogP contribution in [0.4, 0.5) is 10.1 Å². The lowest BCUT2D eigenvalue weighted by Gasteiger charge is -2.25. The van der Waals surface area contributed by atoms with Gasteiger partial charge in [-0.1, -0.05) is 0 Å². The molecule has 1 aliphatic carbocycles. The van der Waals surface area contributed by atoms with E-state index in [-0.39, 0.29) is 28.8 Å². The van der Waals surface area contributed by atoms with Crippen LogP contribution in [-0.2, 0) is 0 Å². The van der Waals surface area contributed by atoms with Crippen molar-refractivity contribution in [2.45, 2.75) is 37.8 Å². The predicted molar refractivity (Wildman–Crippen MR) is 116 cm³/mol. The lowest BCUT2D eigenvalue weighted by molar-refractivity contribution is -0.465. The number of fused-ring (bicyclic) bond motifs is 2. The normalized spacial score (nSPS) is 22.8. The second kappa shape index (κ2) is 7.84. The SMILES string of the molecule is COc1c(N2C[C@H]3CCCN[C@H]3C2)c(F)cc2c(=O)c(C(=O)C[N+](=O)[O-])cn(C3CC3)c12. The van der Waals surface area contributed by atoms with Gasteiger partial charge in [0, 0.05) is 36.3 Å². The number of nitro groups is 1. The van der Waals surface area contributed by atoms with E-state index in [4.69, 9.17) is 4.74 Å². The number of nitrogens with one attached hydrogen (secondary N) is 1. The van der Waals surface area contributed by atoms with E-state index < -0.39 is 28.5 Å². The molecule has 2 atom stereocenters. The quantitative estimate of drug-likeness (QED) is 0.413. The van der Waals surface area contributed by atoms with Gasteiger partial charge in [0.1, 0.15) is 5.69 Å². The van der Waals surface area contributed by atoms with Crippen LogP contribution < -0.4 is 20.4 Å². The van der Waals surface area contributed by atoms with Crippen LogP contribution in [0.25, 0.3) is 10.9 Å². The Bertz CT molecular complexity index is 1160. The van der Waals surface area contributed by atoms with Gasteiger partial charge in [-0.05, 0) is 44.2 Å².